The number of aromatic nitrogens is 1. The van der Waals surface area contributed by atoms with Crippen LogP contribution in [0, 0.1) is 0 Å². The molecule has 0 amide bonds. The average Bonchev–Trinajstić information content (AvgIpc) is 2.64. The van der Waals surface area contributed by atoms with Gasteiger partial charge in [0.05, 0.1) is 6.21 Å². The van der Waals surface area contributed by atoms with Crippen molar-refractivity contribution in [2.75, 3.05) is 0 Å². The summed E-state index contributed by atoms with van der Waals surface area (Å²) in [5.41, 5.74) is 0.933. The van der Waals surface area contributed by atoms with Gasteiger partial charge in [0, 0.05) is 28.6 Å². The molecule has 0 aliphatic heterocycles. The smallest absolute Gasteiger partial charge is 0.106 e. The van der Waals surface area contributed by atoms with Gasteiger partial charge in [0.1, 0.15) is 6.19 Å². The fraction of sp³-hybridized carbons (Fsp3) is 0. The Hall–Kier alpha value is -2.29. The fourth-order valence-corrected chi connectivity index (χ4v) is 4.98. The molecule has 0 atom stereocenters. The highest BCUT2D eigenvalue weighted by atomic mass is 32.4. The second kappa shape index (κ2) is 7.32. The Bertz CT molecular complexity index is 777. The molecule has 1 N–H and O–H groups in total. The molecule has 114 valence electrons. The molecule has 0 aliphatic carbocycles. The van der Waals surface area contributed by atoms with Gasteiger partial charge in [-0.05, 0) is 6.07 Å². The molecule has 0 aliphatic rings. The van der Waals surface area contributed by atoms with Crippen molar-refractivity contribution in [3.8, 4) is 0 Å². The minimum atomic E-state index is -2.20. The first-order chi connectivity index (χ1) is 11.3. The molecule has 1 aromatic heterocycles. The Morgan fingerprint density at radius 2 is 1.48 bits per heavy atom. The first-order valence-corrected chi connectivity index (χ1v) is 10.0. The average molecular weight is 337 g/mol. The molecule has 3 rings (SSSR count). The molecule has 23 heavy (non-hydrogen) atoms. The topological polar surface area (TPSA) is 37.3 Å². The van der Waals surface area contributed by atoms with Crippen molar-refractivity contribution in [2.45, 2.75) is 0 Å². The van der Waals surface area contributed by atoms with E-state index < -0.39 is 6.19 Å². The van der Waals surface area contributed by atoms with Crippen molar-refractivity contribution in [3.63, 3.8) is 0 Å². The zero-order valence-corrected chi connectivity index (χ0v) is 14.1. The molecule has 0 unspecified atom stereocenters. The second-order valence-corrected chi connectivity index (χ2v) is 9.02. The van der Waals surface area contributed by atoms with E-state index in [2.05, 4.69) is 39.5 Å². The lowest BCUT2D eigenvalue weighted by Gasteiger charge is -2.22. The summed E-state index contributed by atoms with van der Waals surface area (Å²) in [6.07, 6.45) is 3.06. The van der Waals surface area contributed by atoms with Crippen LogP contribution in [0.1, 0.15) is 5.56 Å². The molecule has 2 aromatic carbocycles. The third-order valence-corrected chi connectivity index (χ3v) is 7.29. The molecular formula is C18H16N3PS. The van der Waals surface area contributed by atoms with E-state index in [1.54, 1.807) is 18.6 Å². The molecule has 0 saturated heterocycles. The van der Waals surface area contributed by atoms with Crippen LogP contribution >= 0.6 is 6.19 Å². The van der Waals surface area contributed by atoms with Crippen molar-refractivity contribution >= 4 is 34.8 Å². The molecule has 1 heterocycles. The SMILES string of the molecule is S=P(NN=Cc1cccnc1)(c1ccccc1)c1ccccc1. The molecule has 0 spiro atoms. The normalized spacial score (nSPS) is 11.5. The molecule has 5 heteroatoms. The number of hydrazone groups is 1. The van der Waals surface area contributed by atoms with Crippen molar-refractivity contribution < 1.29 is 0 Å². The van der Waals surface area contributed by atoms with Gasteiger partial charge in [-0.3, -0.25) is 10.2 Å². The van der Waals surface area contributed by atoms with Crippen LogP contribution in [0.5, 0.6) is 0 Å². The summed E-state index contributed by atoms with van der Waals surface area (Å²) in [6, 6.07) is 24.1. The van der Waals surface area contributed by atoms with Gasteiger partial charge in [0.2, 0.25) is 0 Å². The highest BCUT2D eigenvalue weighted by Gasteiger charge is 2.21. The van der Waals surface area contributed by atoms with E-state index in [9.17, 15) is 0 Å². The maximum Gasteiger partial charge on any atom is 0.106 e. The standard InChI is InChI=1S/C18H16N3PS/c23-22(17-9-3-1-4-10-17,18-11-5-2-6-12-18)21-20-15-16-8-7-13-19-14-16/h1-15H,(H,21,23). The summed E-state index contributed by atoms with van der Waals surface area (Å²) in [4.78, 5) is 4.08. The van der Waals surface area contributed by atoms with Gasteiger partial charge < -0.3 is 0 Å². The molecule has 0 radical (unpaired) electrons. The minimum Gasteiger partial charge on any atom is -0.272 e. The van der Waals surface area contributed by atoms with Crippen LogP contribution in [0.2, 0.25) is 0 Å². The summed E-state index contributed by atoms with van der Waals surface area (Å²) >= 11 is 6.02. The van der Waals surface area contributed by atoms with Crippen LogP contribution in [0.15, 0.2) is 90.3 Å². The predicted octanol–water partition coefficient (Wildman–Crippen LogP) is 3.05. The molecule has 0 bridgehead atoms. The van der Waals surface area contributed by atoms with Crippen molar-refractivity contribution in [3.05, 3.63) is 90.8 Å². The van der Waals surface area contributed by atoms with Gasteiger partial charge in [0.25, 0.3) is 0 Å². The first kappa shape index (κ1) is 15.6. The summed E-state index contributed by atoms with van der Waals surface area (Å²) in [7, 11) is 0. The summed E-state index contributed by atoms with van der Waals surface area (Å²) < 4.78 is 0. The first-order valence-electron chi connectivity index (χ1n) is 7.21. The number of hydrogen-bond donors (Lipinski definition) is 1. The number of nitrogens with one attached hydrogen (secondary N) is 1. The zero-order valence-electron chi connectivity index (χ0n) is 12.4. The molecule has 0 saturated carbocycles. The van der Waals surface area contributed by atoms with E-state index in [1.807, 2.05) is 48.5 Å². The van der Waals surface area contributed by atoms with Gasteiger partial charge in [-0.1, -0.05) is 78.5 Å². The maximum atomic E-state index is 6.02. The van der Waals surface area contributed by atoms with Crippen LogP contribution in [0.4, 0.5) is 0 Å². The minimum absolute atomic E-state index is 0.933. The molecule has 3 aromatic rings. The summed E-state index contributed by atoms with van der Waals surface area (Å²) in [5.74, 6) is 0. The highest BCUT2D eigenvalue weighted by molar-refractivity contribution is 8.20. The van der Waals surface area contributed by atoms with E-state index >= 15 is 0 Å². The zero-order chi connectivity index (χ0) is 16.0. The molecule has 3 nitrogen and oxygen atoms in total. The quantitative estimate of drug-likeness (QED) is 0.442. The summed E-state index contributed by atoms with van der Waals surface area (Å²) in [6.45, 7) is 0. The lowest BCUT2D eigenvalue weighted by molar-refractivity contribution is 1.11. The van der Waals surface area contributed by atoms with E-state index in [1.165, 1.54) is 0 Å². The summed E-state index contributed by atoms with van der Waals surface area (Å²) in [5, 5.41) is 9.82. The largest absolute Gasteiger partial charge is 0.272 e. The van der Waals surface area contributed by atoms with Crippen molar-refractivity contribution in [2.24, 2.45) is 5.10 Å². The number of nitrogens with zero attached hydrogens (tertiary/aromatic N) is 2. The van der Waals surface area contributed by atoms with Crippen LogP contribution < -0.4 is 15.8 Å². The Morgan fingerprint density at radius 3 is 2.00 bits per heavy atom. The van der Waals surface area contributed by atoms with E-state index in [-0.39, 0.29) is 0 Å². The van der Waals surface area contributed by atoms with Crippen molar-refractivity contribution in [1.82, 2.24) is 10.2 Å². The number of pyridine rings is 1. The van der Waals surface area contributed by atoms with Gasteiger partial charge in [-0.2, -0.15) is 5.10 Å². The molecular weight excluding hydrogens is 321 g/mol. The Balaban J connectivity index is 1.94. The van der Waals surface area contributed by atoms with Gasteiger partial charge in [0.15, 0.2) is 0 Å². The van der Waals surface area contributed by atoms with Crippen LogP contribution in [-0.2, 0) is 11.8 Å². The van der Waals surface area contributed by atoms with Crippen LogP contribution in [0.25, 0.3) is 0 Å². The number of hydrogen-bond acceptors (Lipinski definition) is 3. The van der Waals surface area contributed by atoms with E-state index in [4.69, 9.17) is 11.8 Å². The number of rotatable bonds is 5. The lowest BCUT2D eigenvalue weighted by Crippen LogP contribution is -2.24. The Morgan fingerprint density at radius 1 is 0.870 bits per heavy atom. The van der Waals surface area contributed by atoms with Gasteiger partial charge in [-0.15, -0.1) is 0 Å². The van der Waals surface area contributed by atoms with Crippen molar-refractivity contribution in [1.29, 1.82) is 0 Å². The van der Waals surface area contributed by atoms with E-state index in [0.29, 0.717) is 0 Å². The Kier molecular flexibility index (Phi) is 4.96. The monoisotopic (exact) mass is 337 g/mol. The highest BCUT2D eigenvalue weighted by Crippen LogP contribution is 2.38. The Labute approximate surface area is 141 Å². The number of benzene rings is 2. The van der Waals surface area contributed by atoms with Crippen LogP contribution in [0.3, 0.4) is 0 Å². The molecule has 0 fully saturated rings. The third-order valence-electron chi connectivity index (χ3n) is 3.34. The lowest BCUT2D eigenvalue weighted by atomic mass is 10.3. The van der Waals surface area contributed by atoms with Gasteiger partial charge >= 0.3 is 0 Å². The second-order valence-electron chi connectivity index (χ2n) is 4.92. The fourth-order valence-electron chi connectivity index (χ4n) is 2.18. The van der Waals surface area contributed by atoms with E-state index in [0.717, 1.165) is 16.2 Å². The van der Waals surface area contributed by atoms with Crippen LogP contribution in [-0.4, -0.2) is 11.2 Å². The van der Waals surface area contributed by atoms with Gasteiger partial charge in [-0.25, -0.2) is 0 Å². The maximum absolute atomic E-state index is 6.02. The third kappa shape index (κ3) is 3.73. The predicted molar refractivity (Wildman–Crippen MR) is 101 cm³/mol.